The summed E-state index contributed by atoms with van der Waals surface area (Å²) in [6.07, 6.45) is 4.01. The van der Waals surface area contributed by atoms with E-state index in [1.54, 1.807) is 4.90 Å². The van der Waals surface area contributed by atoms with Crippen molar-refractivity contribution in [3.63, 3.8) is 0 Å². The molecule has 0 aromatic carbocycles. The largest absolute Gasteiger partial charge is 0.343 e. The number of rotatable bonds is 0. The van der Waals surface area contributed by atoms with Crippen LogP contribution in [0.5, 0.6) is 0 Å². The predicted molar refractivity (Wildman–Crippen MR) is 40.1 cm³/mol. The number of piperidine rings is 1. The van der Waals surface area contributed by atoms with E-state index in [-0.39, 0.29) is 6.03 Å². The molecule has 0 bridgehead atoms. The van der Waals surface area contributed by atoms with Crippen LogP contribution in [0.25, 0.3) is 0 Å². The van der Waals surface area contributed by atoms with Crippen molar-refractivity contribution in [3.8, 4) is 0 Å². The van der Waals surface area contributed by atoms with Crippen LogP contribution in [-0.4, -0.2) is 41.3 Å². The SMILES string of the molecule is CN(O)C(=O)N1CC[CH]CC1. The molecule has 0 aliphatic carbocycles. The number of hydrogen-bond donors (Lipinski definition) is 1. The van der Waals surface area contributed by atoms with Gasteiger partial charge in [0.25, 0.3) is 0 Å². The Bertz CT molecular complexity index is 141. The van der Waals surface area contributed by atoms with Crippen molar-refractivity contribution in [2.24, 2.45) is 0 Å². The van der Waals surface area contributed by atoms with Crippen molar-refractivity contribution in [1.29, 1.82) is 0 Å². The highest BCUT2D eigenvalue weighted by atomic mass is 16.5. The van der Waals surface area contributed by atoms with E-state index >= 15 is 0 Å². The van der Waals surface area contributed by atoms with Gasteiger partial charge in [0.15, 0.2) is 0 Å². The normalized spacial score (nSPS) is 18.2. The van der Waals surface area contributed by atoms with Crippen LogP contribution in [0, 0.1) is 6.42 Å². The minimum Gasteiger partial charge on any atom is -0.323 e. The maximum Gasteiger partial charge on any atom is 0.343 e. The summed E-state index contributed by atoms with van der Waals surface area (Å²) in [5, 5.41) is 9.44. The van der Waals surface area contributed by atoms with E-state index < -0.39 is 0 Å². The second-order valence-corrected chi connectivity index (χ2v) is 2.66. The third-order valence-corrected chi connectivity index (χ3v) is 1.75. The van der Waals surface area contributed by atoms with Crippen molar-refractivity contribution in [2.45, 2.75) is 12.8 Å². The second-order valence-electron chi connectivity index (χ2n) is 2.66. The number of likely N-dealkylation sites (tertiary alicyclic amines) is 1. The van der Waals surface area contributed by atoms with E-state index in [9.17, 15) is 4.79 Å². The summed E-state index contributed by atoms with van der Waals surface area (Å²) < 4.78 is 0. The molecule has 1 aliphatic heterocycles. The lowest BCUT2D eigenvalue weighted by Crippen LogP contribution is -2.42. The van der Waals surface area contributed by atoms with Gasteiger partial charge >= 0.3 is 6.03 Å². The van der Waals surface area contributed by atoms with Gasteiger partial charge in [0.2, 0.25) is 0 Å². The Hall–Kier alpha value is -0.770. The zero-order valence-electron chi connectivity index (χ0n) is 6.66. The van der Waals surface area contributed by atoms with Gasteiger partial charge in [0.05, 0.1) is 0 Å². The van der Waals surface area contributed by atoms with Gasteiger partial charge in [-0.25, -0.2) is 9.86 Å². The predicted octanol–water partition coefficient (Wildman–Crippen LogP) is 0.727. The molecule has 0 unspecified atom stereocenters. The quantitative estimate of drug-likeness (QED) is 0.416. The molecule has 0 atom stereocenters. The van der Waals surface area contributed by atoms with Crippen LogP contribution in [0.15, 0.2) is 0 Å². The first-order valence-electron chi connectivity index (χ1n) is 3.75. The molecule has 1 fully saturated rings. The molecule has 1 saturated heterocycles. The Kier molecular flexibility index (Phi) is 2.70. The molecular weight excluding hydrogens is 144 g/mol. The lowest BCUT2D eigenvalue weighted by atomic mass is 10.1. The molecular formula is C7H13N2O2. The Balaban J connectivity index is 2.39. The molecule has 4 heteroatoms. The fraction of sp³-hybridized carbons (Fsp3) is 0.714. The fourth-order valence-electron chi connectivity index (χ4n) is 1.15. The molecule has 1 rings (SSSR count). The molecule has 11 heavy (non-hydrogen) atoms. The van der Waals surface area contributed by atoms with Gasteiger partial charge in [-0.05, 0) is 19.3 Å². The monoisotopic (exact) mass is 157 g/mol. The highest BCUT2D eigenvalue weighted by Gasteiger charge is 2.18. The Morgan fingerprint density at radius 3 is 2.55 bits per heavy atom. The van der Waals surface area contributed by atoms with Crippen molar-refractivity contribution < 1.29 is 10.0 Å². The Morgan fingerprint density at radius 2 is 2.09 bits per heavy atom. The lowest BCUT2D eigenvalue weighted by Gasteiger charge is -2.28. The summed E-state index contributed by atoms with van der Waals surface area (Å²) in [5.41, 5.74) is 0. The van der Waals surface area contributed by atoms with Gasteiger partial charge in [0, 0.05) is 20.1 Å². The van der Waals surface area contributed by atoms with Gasteiger partial charge in [-0.3, -0.25) is 5.21 Å². The van der Waals surface area contributed by atoms with Crippen LogP contribution in [0.1, 0.15) is 12.8 Å². The summed E-state index contributed by atoms with van der Waals surface area (Å²) in [4.78, 5) is 12.7. The Labute approximate surface area is 66.4 Å². The first kappa shape index (κ1) is 8.33. The van der Waals surface area contributed by atoms with Crippen LogP contribution < -0.4 is 0 Å². The summed E-state index contributed by atoms with van der Waals surface area (Å²) >= 11 is 0. The topological polar surface area (TPSA) is 43.8 Å². The van der Waals surface area contributed by atoms with E-state index in [1.807, 2.05) is 0 Å². The average molecular weight is 157 g/mol. The van der Waals surface area contributed by atoms with Crippen molar-refractivity contribution in [3.05, 3.63) is 6.42 Å². The van der Waals surface area contributed by atoms with Gasteiger partial charge in [-0.15, -0.1) is 0 Å². The number of carbonyl (C=O) groups excluding carboxylic acids is 1. The highest BCUT2D eigenvalue weighted by molar-refractivity contribution is 5.72. The minimum atomic E-state index is -0.307. The molecule has 1 N–H and O–H groups in total. The Morgan fingerprint density at radius 1 is 1.55 bits per heavy atom. The molecule has 1 aliphatic rings. The average Bonchev–Trinajstić information content (AvgIpc) is 2.05. The van der Waals surface area contributed by atoms with E-state index in [0.29, 0.717) is 5.06 Å². The molecule has 0 spiro atoms. The molecule has 4 nitrogen and oxygen atoms in total. The minimum absolute atomic E-state index is 0.307. The van der Waals surface area contributed by atoms with Gasteiger partial charge in [-0.2, -0.15) is 0 Å². The number of carbonyl (C=O) groups is 1. The van der Waals surface area contributed by atoms with E-state index in [0.717, 1.165) is 25.9 Å². The lowest BCUT2D eigenvalue weighted by molar-refractivity contribution is -0.0343. The molecule has 63 valence electrons. The number of hydrogen-bond acceptors (Lipinski definition) is 2. The van der Waals surface area contributed by atoms with Crippen LogP contribution >= 0.6 is 0 Å². The fourth-order valence-corrected chi connectivity index (χ4v) is 1.15. The molecule has 0 saturated carbocycles. The molecule has 0 aromatic heterocycles. The third kappa shape index (κ3) is 2.08. The maximum absolute atomic E-state index is 11.1. The van der Waals surface area contributed by atoms with Gasteiger partial charge in [-0.1, -0.05) is 0 Å². The summed E-state index contributed by atoms with van der Waals surface area (Å²) in [7, 11) is 1.35. The second kappa shape index (κ2) is 3.57. The van der Waals surface area contributed by atoms with Crippen molar-refractivity contribution >= 4 is 6.03 Å². The van der Waals surface area contributed by atoms with Crippen LogP contribution in [0.2, 0.25) is 0 Å². The first-order valence-corrected chi connectivity index (χ1v) is 3.75. The number of amides is 2. The zero-order valence-corrected chi connectivity index (χ0v) is 6.66. The van der Waals surface area contributed by atoms with E-state index in [1.165, 1.54) is 7.05 Å². The molecule has 1 radical (unpaired) electrons. The number of nitrogens with zero attached hydrogens (tertiary/aromatic N) is 2. The summed E-state index contributed by atoms with van der Waals surface area (Å²) in [6.45, 7) is 1.45. The molecule has 0 aromatic rings. The standard InChI is InChI=1S/C7H13N2O2/c1-8(11)7(10)9-5-3-2-4-6-9/h2,11H,3-6H2,1H3. The molecule has 1 heterocycles. The number of urea groups is 1. The van der Waals surface area contributed by atoms with Crippen LogP contribution in [0.4, 0.5) is 4.79 Å². The highest BCUT2D eigenvalue weighted by Crippen LogP contribution is 2.08. The summed E-state index contributed by atoms with van der Waals surface area (Å²) in [5.74, 6) is 0. The molecule has 2 amide bonds. The zero-order chi connectivity index (χ0) is 8.27. The maximum atomic E-state index is 11.1. The first-order chi connectivity index (χ1) is 5.22. The summed E-state index contributed by atoms with van der Waals surface area (Å²) in [6, 6.07) is -0.307. The number of hydroxylamine groups is 2. The van der Waals surface area contributed by atoms with Crippen LogP contribution in [-0.2, 0) is 0 Å². The smallest absolute Gasteiger partial charge is 0.323 e. The van der Waals surface area contributed by atoms with Crippen LogP contribution in [0.3, 0.4) is 0 Å². The van der Waals surface area contributed by atoms with Gasteiger partial charge in [0.1, 0.15) is 0 Å². The van der Waals surface area contributed by atoms with Gasteiger partial charge < -0.3 is 4.90 Å². The van der Waals surface area contributed by atoms with E-state index in [2.05, 4.69) is 6.42 Å². The van der Waals surface area contributed by atoms with E-state index in [4.69, 9.17) is 5.21 Å². The third-order valence-electron chi connectivity index (χ3n) is 1.75. The van der Waals surface area contributed by atoms with Crippen molar-refractivity contribution in [1.82, 2.24) is 9.96 Å². The van der Waals surface area contributed by atoms with Crippen molar-refractivity contribution in [2.75, 3.05) is 20.1 Å².